The Morgan fingerprint density at radius 3 is 2.58 bits per heavy atom. The molecule has 0 aliphatic heterocycles. The van der Waals surface area contributed by atoms with Gasteiger partial charge in [0.15, 0.2) is 0 Å². The first-order valence-electron chi connectivity index (χ1n) is 3.91. The van der Waals surface area contributed by atoms with E-state index in [4.69, 9.17) is 11.0 Å². The molecule has 0 fully saturated rings. The second-order valence-corrected chi connectivity index (χ2v) is 3.03. The van der Waals surface area contributed by atoms with Gasteiger partial charge in [-0.3, -0.25) is 0 Å². The summed E-state index contributed by atoms with van der Waals surface area (Å²) in [5.41, 5.74) is 8.48. The van der Waals surface area contributed by atoms with Gasteiger partial charge in [-0.2, -0.15) is 5.26 Å². The van der Waals surface area contributed by atoms with Gasteiger partial charge in [0.25, 0.3) is 0 Å². The predicted molar refractivity (Wildman–Crippen MR) is 48.5 cm³/mol. The Bertz CT molecular complexity index is 321. The largest absolute Gasteiger partial charge is 0.324 e. The Morgan fingerprint density at radius 2 is 2.08 bits per heavy atom. The van der Waals surface area contributed by atoms with Gasteiger partial charge in [-0.25, -0.2) is 0 Å². The zero-order valence-electron chi connectivity index (χ0n) is 7.33. The maximum Gasteiger partial charge on any atom is 0.0991 e. The molecule has 0 amide bonds. The molecule has 1 aromatic carbocycles. The Hall–Kier alpha value is -1.33. The van der Waals surface area contributed by atoms with Gasteiger partial charge in [-0.1, -0.05) is 6.07 Å². The van der Waals surface area contributed by atoms with Crippen molar-refractivity contribution in [2.24, 2.45) is 5.73 Å². The standard InChI is InChI=1S/C10H12N2/c1-7-3-9(6-11)5-10(4-7)8(2)12/h3-5,8H,12H2,1-2H3. The molecule has 0 saturated heterocycles. The molecule has 0 aromatic heterocycles. The normalized spacial score (nSPS) is 12.2. The van der Waals surface area contributed by atoms with Crippen molar-refractivity contribution in [1.82, 2.24) is 0 Å². The van der Waals surface area contributed by atoms with Gasteiger partial charge >= 0.3 is 0 Å². The van der Waals surface area contributed by atoms with E-state index in [9.17, 15) is 0 Å². The van der Waals surface area contributed by atoms with Gasteiger partial charge < -0.3 is 5.73 Å². The first-order chi connectivity index (χ1) is 5.63. The zero-order valence-corrected chi connectivity index (χ0v) is 7.33. The van der Waals surface area contributed by atoms with Crippen molar-refractivity contribution in [3.05, 3.63) is 34.9 Å². The van der Waals surface area contributed by atoms with E-state index in [1.54, 1.807) is 0 Å². The Morgan fingerprint density at radius 1 is 1.42 bits per heavy atom. The van der Waals surface area contributed by atoms with Crippen molar-refractivity contribution in [3.63, 3.8) is 0 Å². The van der Waals surface area contributed by atoms with Crippen molar-refractivity contribution in [2.45, 2.75) is 19.9 Å². The summed E-state index contributed by atoms with van der Waals surface area (Å²) in [5, 5.41) is 8.68. The van der Waals surface area contributed by atoms with Crippen LogP contribution in [0.1, 0.15) is 29.7 Å². The highest BCUT2D eigenvalue weighted by molar-refractivity contribution is 5.37. The summed E-state index contributed by atoms with van der Waals surface area (Å²) in [4.78, 5) is 0. The van der Waals surface area contributed by atoms with E-state index in [0.29, 0.717) is 5.56 Å². The highest BCUT2D eigenvalue weighted by Gasteiger charge is 2.01. The van der Waals surface area contributed by atoms with E-state index in [1.807, 2.05) is 32.0 Å². The molecule has 62 valence electrons. The number of nitrogens with two attached hydrogens (primary N) is 1. The van der Waals surface area contributed by atoms with Crippen molar-refractivity contribution in [1.29, 1.82) is 5.26 Å². The average molecular weight is 160 g/mol. The molecule has 0 bridgehead atoms. The number of rotatable bonds is 1. The van der Waals surface area contributed by atoms with Crippen LogP contribution in [-0.2, 0) is 0 Å². The van der Waals surface area contributed by atoms with Crippen molar-refractivity contribution in [2.75, 3.05) is 0 Å². The summed E-state index contributed by atoms with van der Waals surface area (Å²) in [6.07, 6.45) is 0. The maximum atomic E-state index is 8.68. The van der Waals surface area contributed by atoms with Gasteiger partial charge in [-0.15, -0.1) is 0 Å². The van der Waals surface area contributed by atoms with E-state index < -0.39 is 0 Å². The average Bonchev–Trinajstić information content (AvgIpc) is 2.03. The third kappa shape index (κ3) is 1.84. The van der Waals surface area contributed by atoms with E-state index in [1.165, 1.54) is 0 Å². The predicted octanol–water partition coefficient (Wildman–Crippen LogP) is 1.89. The summed E-state index contributed by atoms with van der Waals surface area (Å²) in [6.45, 7) is 3.88. The maximum absolute atomic E-state index is 8.68. The first kappa shape index (κ1) is 8.76. The molecule has 1 unspecified atom stereocenters. The van der Waals surface area contributed by atoms with E-state index in [2.05, 4.69) is 6.07 Å². The number of hydrogen-bond acceptors (Lipinski definition) is 2. The fourth-order valence-electron chi connectivity index (χ4n) is 1.14. The van der Waals surface area contributed by atoms with Gasteiger partial charge in [-0.05, 0) is 37.1 Å². The lowest BCUT2D eigenvalue weighted by atomic mass is 10.0. The van der Waals surface area contributed by atoms with Crippen molar-refractivity contribution >= 4 is 0 Å². The molecule has 2 N–H and O–H groups in total. The summed E-state index contributed by atoms with van der Waals surface area (Å²) in [7, 11) is 0. The van der Waals surface area contributed by atoms with Crippen LogP contribution in [0.4, 0.5) is 0 Å². The topological polar surface area (TPSA) is 49.8 Å². The Balaban J connectivity index is 3.17. The van der Waals surface area contributed by atoms with Gasteiger partial charge in [0, 0.05) is 6.04 Å². The van der Waals surface area contributed by atoms with Crippen LogP contribution in [0.25, 0.3) is 0 Å². The lowest BCUT2D eigenvalue weighted by Crippen LogP contribution is -2.05. The molecule has 2 heteroatoms. The third-order valence-corrected chi connectivity index (χ3v) is 1.75. The molecule has 0 radical (unpaired) electrons. The van der Waals surface area contributed by atoms with Crippen LogP contribution in [0.3, 0.4) is 0 Å². The minimum absolute atomic E-state index is 0.00278. The molecule has 0 heterocycles. The number of hydrogen-bond donors (Lipinski definition) is 1. The zero-order chi connectivity index (χ0) is 9.14. The molecule has 1 aromatic rings. The summed E-state index contributed by atoms with van der Waals surface area (Å²) >= 11 is 0. The van der Waals surface area contributed by atoms with Crippen LogP contribution in [0.2, 0.25) is 0 Å². The van der Waals surface area contributed by atoms with Gasteiger partial charge in [0.2, 0.25) is 0 Å². The smallest absolute Gasteiger partial charge is 0.0991 e. The minimum Gasteiger partial charge on any atom is -0.324 e. The van der Waals surface area contributed by atoms with Crippen LogP contribution in [-0.4, -0.2) is 0 Å². The number of benzene rings is 1. The van der Waals surface area contributed by atoms with Crippen LogP contribution in [0.5, 0.6) is 0 Å². The van der Waals surface area contributed by atoms with Crippen LogP contribution >= 0.6 is 0 Å². The fourth-order valence-corrected chi connectivity index (χ4v) is 1.14. The third-order valence-electron chi connectivity index (χ3n) is 1.75. The van der Waals surface area contributed by atoms with Gasteiger partial charge in [0.1, 0.15) is 0 Å². The van der Waals surface area contributed by atoms with E-state index >= 15 is 0 Å². The quantitative estimate of drug-likeness (QED) is 0.682. The van der Waals surface area contributed by atoms with Crippen LogP contribution < -0.4 is 5.73 Å². The Labute approximate surface area is 72.6 Å². The molecule has 0 spiro atoms. The number of nitriles is 1. The monoisotopic (exact) mass is 160 g/mol. The molecule has 0 saturated carbocycles. The van der Waals surface area contributed by atoms with Crippen molar-refractivity contribution < 1.29 is 0 Å². The molecule has 2 nitrogen and oxygen atoms in total. The van der Waals surface area contributed by atoms with Crippen LogP contribution in [0, 0.1) is 18.3 Å². The number of nitrogens with zero attached hydrogens (tertiary/aromatic N) is 1. The molecule has 1 rings (SSSR count). The fraction of sp³-hybridized carbons (Fsp3) is 0.300. The van der Waals surface area contributed by atoms with Gasteiger partial charge in [0.05, 0.1) is 11.6 Å². The highest BCUT2D eigenvalue weighted by atomic mass is 14.6. The highest BCUT2D eigenvalue weighted by Crippen LogP contribution is 2.14. The lowest BCUT2D eigenvalue weighted by molar-refractivity contribution is 0.816. The summed E-state index contributed by atoms with van der Waals surface area (Å²) in [5.74, 6) is 0. The molecule has 1 atom stereocenters. The lowest BCUT2D eigenvalue weighted by Gasteiger charge is -2.06. The number of aryl methyl sites for hydroxylation is 1. The van der Waals surface area contributed by atoms with Crippen LogP contribution in [0.15, 0.2) is 18.2 Å². The second kappa shape index (κ2) is 3.38. The molecular formula is C10H12N2. The van der Waals surface area contributed by atoms with E-state index in [0.717, 1.165) is 11.1 Å². The SMILES string of the molecule is Cc1cc(C#N)cc(C(C)N)c1. The van der Waals surface area contributed by atoms with Crippen molar-refractivity contribution in [3.8, 4) is 6.07 Å². The summed E-state index contributed by atoms with van der Waals surface area (Å²) in [6, 6.07) is 7.79. The first-order valence-corrected chi connectivity index (χ1v) is 3.91. The summed E-state index contributed by atoms with van der Waals surface area (Å²) < 4.78 is 0. The minimum atomic E-state index is -0.00278. The molecule has 0 aliphatic rings. The molecule has 12 heavy (non-hydrogen) atoms. The Kier molecular flexibility index (Phi) is 2.47. The molecular weight excluding hydrogens is 148 g/mol. The second-order valence-electron chi connectivity index (χ2n) is 3.03. The van der Waals surface area contributed by atoms with E-state index in [-0.39, 0.29) is 6.04 Å². The molecule has 0 aliphatic carbocycles.